The summed E-state index contributed by atoms with van der Waals surface area (Å²) >= 11 is 0. The third-order valence-corrected chi connectivity index (χ3v) is 3.82. The van der Waals surface area contributed by atoms with Gasteiger partial charge in [-0.15, -0.1) is 0 Å². The topological polar surface area (TPSA) is 64.3 Å². The summed E-state index contributed by atoms with van der Waals surface area (Å²) in [4.78, 5) is 11.9. The molecule has 0 heterocycles. The van der Waals surface area contributed by atoms with Crippen LogP contribution < -0.4 is 11.1 Å². The summed E-state index contributed by atoms with van der Waals surface area (Å²) in [6.07, 6.45) is 6.66. The van der Waals surface area contributed by atoms with E-state index in [1.807, 2.05) is 6.92 Å². The first-order valence-corrected chi connectivity index (χ1v) is 7.28. The van der Waals surface area contributed by atoms with E-state index >= 15 is 0 Å². The van der Waals surface area contributed by atoms with Gasteiger partial charge >= 0.3 is 0 Å². The third kappa shape index (κ3) is 5.36. The first-order valence-electron chi connectivity index (χ1n) is 7.28. The van der Waals surface area contributed by atoms with E-state index in [4.69, 9.17) is 10.5 Å². The van der Waals surface area contributed by atoms with Crippen molar-refractivity contribution in [3.8, 4) is 0 Å². The number of hydrogen-bond donors (Lipinski definition) is 2. The van der Waals surface area contributed by atoms with Gasteiger partial charge in [-0.25, -0.2) is 0 Å². The highest BCUT2D eigenvalue weighted by molar-refractivity contribution is 5.76. The highest BCUT2D eigenvalue weighted by Crippen LogP contribution is 2.26. The van der Waals surface area contributed by atoms with E-state index in [2.05, 4.69) is 12.2 Å². The largest absolute Gasteiger partial charge is 0.377 e. The summed E-state index contributed by atoms with van der Waals surface area (Å²) in [6, 6.07) is 0.276. The minimum Gasteiger partial charge on any atom is -0.377 e. The zero-order valence-electron chi connectivity index (χ0n) is 11.8. The number of nitrogens with one attached hydrogen (secondary N) is 1. The Balaban J connectivity index is 2.29. The maximum Gasteiger partial charge on any atom is 0.222 e. The summed E-state index contributed by atoms with van der Waals surface area (Å²) in [5, 5.41) is 3.10. The van der Waals surface area contributed by atoms with Gasteiger partial charge in [-0.05, 0) is 32.6 Å². The Morgan fingerprint density at radius 1 is 1.39 bits per heavy atom. The van der Waals surface area contributed by atoms with Crippen LogP contribution in [0.3, 0.4) is 0 Å². The summed E-state index contributed by atoms with van der Waals surface area (Å²) in [6.45, 7) is 5.05. The Morgan fingerprint density at radius 3 is 2.61 bits per heavy atom. The minimum absolute atomic E-state index is 0.0666. The van der Waals surface area contributed by atoms with E-state index in [-0.39, 0.29) is 18.1 Å². The van der Waals surface area contributed by atoms with Crippen LogP contribution in [0.25, 0.3) is 0 Å². The van der Waals surface area contributed by atoms with Gasteiger partial charge in [0, 0.05) is 19.2 Å². The van der Waals surface area contributed by atoms with E-state index in [1.54, 1.807) is 0 Å². The molecule has 1 aliphatic carbocycles. The van der Waals surface area contributed by atoms with Crippen LogP contribution in [0.5, 0.6) is 0 Å². The fourth-order valence-corrected chi connectivity index (χ4v) is 2.72. The van der Waals surface area contributed by atoms with E-state index < -0.39 is 0 Å². The highest BCUT2D eigenvalue weighted by atomic mass is 16.5. The molecule has 1 unspecified atom stereocenters. The van der Waals surface area contributed by atoms with Gasteiger partial charge in [0.15, 0.2) is 0 Å². The number of amides is 1. The van der Waals surface area contributed by atoms with Crippen LogP contribution in [0.2, 0.25) is 0 Å². The van der Waals surface area contributed by atoms with E-state index in [1.165, 1.54) is 32.1 Å². The van der Waals surface area contributed by atoms with Crippen molar-refractivity contribution in [3.63, 3.8) is 0 Å². The molecular formula is C14H28N2O2. The second-order valence-electron chi connectivity index (χ2n) is 5.27. The third-order valence-electron chi connectivity index (χ3n) is 3.82. The molecule has 4 nitrogen and oxygen atoms in total. The van der Waals surface area contributed by atoms with Gasteiger partial charge in [0.25, 0.3) is 0 Å². The van der Waals surface area contributed by atoms with Gasteiger partial charge in [0.05, 0.1) is 12.5 Å². The van der Waals surface area contributed by atoms with Crippen molar-refractivity contribution < 1.29 is 9.53 Å². The molecule has 1 saturated carbocycles. The lowest BCUT2D eigenvalue weighted by Crippen LogP contribution is -2.41. The second-order valence-corrected chi connectivity index (χ2v) is 5.27. The lowest BCUT2D eigenvalue weighted by molar-refractivity contribution is -0.124. The molecule has 1 rings (SSSR count). The standard InChI is InChI=1S/C14H28N2O2/c1-3-18-13(10-15)9-14(17)16-11(2)12-7-5-4-6-8-12/h11-13H,3-10,15H2,1-2H3,(H,16,17)/t11-,13?/m0/s1. The van der Waals surface area contributed by atoms with Crippen LogP contribution in [-0.2, 0) is 9.53 Å². The molecule has 0 aromatic heterocycles. The molecule has 1 fully saturated rings. The minimum atomic E-state index is -0.145. The van der Waals surface area contributed by atoms with Gasteiger partial charge in [-0.3, -0.25) is 4.79 Å². The van der Waals surface area contributed by atoms with Gasteiger partial charge in [0.2, 0.25) is 5.91 Å². The monoisotopic (exact) mass is 256 g/mol. The molecule has 1 amide bonds. The van der Waals surface area contributed by atoms with E-state index in [9.17, 15) is 4.79 Å². The van der Waals surface area contributed by atoms with E-state index in [0.29, 0.717) is 25.5 Å². The quantitative estimate of drug-likeness (QED) is 0.730. The molecular weight excluding hydrogens is 228 g/mol. The number of rotatable bonds is 7. The lowest BCUT2D eigenvalue weighted by atomic mass is 9.84. The molecule has 0 radical (unpaired) electrons. The van der Waals surface area contributed by atoms with Crippen LogP contribution >= 0.6 is 0 Å². The average Bonchev–Trinajstić information content (AvgIpc) is 2.39. The smallest absolute Gasteiger partial charge is 0.222 e. The fraction of sp³-hybridized carbons (Fsp3) is 0.929. The van der Waals surface area contributed by atoms with Crippen LogP contribution in [0.15, 0.2) is 0 Å². The van der Waals surface area contributed by atoms with Crippen LogP contribution in [0.1, 0.15) is 52.4 Å². The number of carbonyl (C=O) groups excluding carboxylic acids is 1. The molecule has 0 bridgehead atoms. The number of carbonyl (C=O) groups is 1. The van der Waals surface area contributed by atoms with Crippen molar-refractivity contribution in [1.82, 2.24) is 5.32 Å². The van der Waals surface area contributed by atoms with Crippen LogP contribution in [0.4, 0.5) is 0 Å². The van der Waals surface area contributed by atoms with Gasteiger partial charge in [-0.1, -0.05) is 19.3 Å². The number of hydrogen-bond acceptors (Lipinski definition) is 3. The molecule has 106 valence electrons. The Bertz CT molecular complexity index is 240. The Morgan fingerprint density at radius 2 is 2.06 bits per heavy atom. The van der Waals surface area contributed by atoms with Gasteiger partial charge in [0.1, 0.15) is 0 Å². The van der Waals surface area contributed by atoms with Crippen molar-refractivity contribution in [1.29, 1.82) is 0 Å². The first kappa shape index (κ1) is 15.4. The Hall–Kier alpha value is -0.610. The molecule has 0 spiro atoms. The molecule has 0 aromatic carbocycles. The maximum absolute atomic E-state index is 11.9. The number of nitrogens with two attached hydrogens (primary N) is 1. The number of ether oxygens (including phenoxy) is 1. The zero-order chi connectivity index (χ0) is 13.4. The van der Waals surface area contributed by atoms with Crippen molar-refractivity contribution >= 4 is 5.91 Å². The summed E-state index contributed by atoms with van der Waals surface area (Å²) < 4.78 is 5.40. The lowest BCUT2D eigenvalue weighted by Gasteiger charge is -2.28. The Labute approximate surface area is 111 Å². The van der Waals surface area contributed by atoms with Crippen molar-refractivity contribution in [2.45, 2.75) is 64.5 Å². The molecule has 18 heavy (non-hydrogen) atoms. The predicted octanol–water partition coefficient (Wildman–Crippen LogP) is 1.83. The average molecular weight is 256 g/mol. The molecule has 0 aliphatic heterocycles. The summed E-state index contributed by atoms with van der Waals surface area (Å²) in [5.74, 6) is 0.711. The van der Waals surface area contributed by atoms with E-state index in [0.717, 1.165) is 0 Å². The molecule has 2 atom stereocenters. The van der Waals surface area contributed by atoms with Gasteiger partial charge in [-0.2, -0.15) is 0 Å². The fourth-order valence-electron chi connectivity index (χ4n) is 2.72. The van der Waals surface area contributed by atoms with Crippen molar-refractivity contribution in [2.75, 3.05) is 13.2 Å². The maximum atomic E-state index is 11.9. The second kappa shape index (κ2) is 8.48. The van der Waals surface area contributed by atoms with Crippen molar-refractivity contribution in [2.24, 2.45) is 11.7 Å². The molecule has 3 N–H and O–H groups in total. The summed E-state index contributed by atoms with van der Waals surface area (Å²) in [5.41, 5.74) is 5.58. The molecule has 1 aliphatic rings. The predicted molar refractivity (Wildman–Crippen MR) is 73.3 cm³/mol. The van der Waals surface area contributed by atoms with Gasteiger partial charge < -0.3 is 15.8 Å². The van der Waals surface area contributed by atoms with Crippen molar-refractivity contribution in [3.05, 3.63) is 0 Å². The van der Waals surface area contributed by atoms with Crippen LogP contribution in [0, 0.1) is 5.92 Å². The zero-order valence-corrected chi connectivity index (χ0v) is 11.8. The normalized spacial score (nSPS) is 20.4. The SMILES string of the molecule is CCOC(CN)CC(=O)N[C@@H](C)C1CCCCC1. The molecule has 4 heteroatoms. The highest BCUT2D eigenvalue weighted by Gasteiger charge is 2.22. The summed E-state index contributed by atoms with van der Waals surface area (Å²) in [7, 11) is 0. The van der Waals surface area contributed by atoms with Crippen LogP contribution in [-0.4, -0.2) is 31.2 Å². The molecule has 0 saturated heterocycles. The first-order chi connectivity index (χ1) is 8.67. The Kier molecular flexibility index (Phi) is 7.28. The molecule has 0 aromatic rings.